The maximum absolute atomic E-state index is 12.7. The van der Waals surface area contributed by atoms with Crippen molar-refractivity contribution in [2.75, 3.05) is 7.05 Å². The lowest BCUT2D eigenvalue weighted by Gasteiger charge is -2.17. The van der Waals surface area contributed by atoms with Gasteiger partial charge in [-0.2, -0.15) is 4.31 Å². The van der Waals surface area contributed by atoms with Gasteiger partial charge in [-0.05, 0) is 40.5 Å². The molecule has 0 spiro atoms. The molecule has 0 radical (unpaired) electrons. The smallest absolute Gasteiger partial charge is 0.244 e. The number of hydrogen-bond acceptors (Lipinski definition) is 4. The van der Waals surface area contributed by atoms with E-state index in [1.54, 1.807) is 25.2 Å². The van der Waals surface area contributed by atoms with E-state index in [1.165, 1.54) is 15.6 Å². The van der Waals surface area contributed by atoms with Gasteiger partial charge >= 0.3 is 0 Å². The fourth-order valence-corrected chi connectivity index (χ4v) is 4.67. The number of aromatic nitrogens is 1. The second kappa shape index (κ2) is 6.75. The van der Waals surface area contributed by atoms with Gasteiger partial charge in [0.2, 0.25) is 10.0 Å². The first kappa shape index (κ1) is 16.9. The minimum absolute atomic E-state index is 0.218. The first-order valence-electron chi connectivity index (χ1n) is 6.06. The van der Waals surface area contributed by atoms with Crippen molar-refractivity contribution in [2.24, 2.45) is 0 Å². The van der Waals surface area contributed by atoms with E-state index in [9.17, 15) is 8.42 Å². The van der Waals surface area contributed by atoms with Gasteiger partial charge in [0.1, 0.15) is 0 Å². The highest BCUT2D eigenvalue weighted by molar-refractivity contribution is 9.10. The third-order valence-electron chi connectivity index (χ3n) is 2.89. The molecule has 1 heterocycles. The molecule has 0 saturated carbocycles. The molecule has 1 aromatic carbocycles. The van der Waals surface area contributed by atoms with E-state index in [2.05, 4.69) is 20.9 Å². The average molecular weight is 410 g/mol. The first-order chi connectivity index (χ1) is 9.84. The SMILES string of the molecule is Cc1nc(CN(C)S(=O)(=O)c2cc(CCl)ccc2Br)cs1. The molecule has 1 aromatic heterocycles. The molecular formula is C13H14BrClN2O2S2. The summed E-state index contributed by atoms with van der Waals surface area (Å²) < 4.78 is 27.1. The second-order valence-electron chi connectivity index (χ2n) is 4.52. The second-order valence-corrected chi connectivity index (χ2v) is 8.71. The summed E-state index contributed by atoms with van der Waals surface area (Å²) >= 11 is 10.6. The summed E-state index contributed by atoms with van der Waals surface area (Å²) in [7, 11) is -2.05. The lowest BCUT2D eigenvalue weighted by Crippen LogP contribution is -2.27. The van der Waals surface area contributed by atoms with Gasteiger partial charge in [-0.3, -0.25) is 0 Å². The maximum atomic E-state index is 12.7. The van der Waals surface area contributed by atoms with Crippen molar-refractivity contribution in [3.8, 4) is 0 Å². The Bertz CT molecular complexity index is 746. The summed E-state index contributed by atoms with van der Waals surface area (Å²) in [5.74, 6) is 0.269. The van der Waals surface area contributed by atoms with Crippen LogP contribution in [-0.4, -0.2) is 24.8 Å². The van der Waals surface area contributed by atoms with Crippen LogP contribution in [0.15, 0.2) is 32.9 Å². The minimum Gasteiger partial charge on any atom is -0.245 e. The number of nitrogens with zero attached hydrogens (tertiary/aromatic N) is 2. The van der Waals surface area contributed by atoms with Gasteiger partial charge < -0.3 is 0 Å². The van der Waals surface area contributed by atoms with Crippen LogP contribution in [0.3, 0.4) is 0 Å². The summed E-state index contributed by atoms with van der Waals surface area (Å²) in [6.45, 7) is 2.13. The number of halogens is 2. The zero-order valence-electron chi connectivity index (χ0n) is 11.5. The third kappa shape index (κ3) is 3.84. The molecule has 0 unspecified atom stereocenters. The Morgan fingerprint density at radius 2 is 2.14 bits per heavy atom. The number of benzene rings is 1. The monoisotopic (exact) mass is 408 g/mol. The van der Waals surface area contributed by atoms with E-state index in [0.717, 1.165) is 16.3 Å². The zero-order chi connectivity index (χ0) is 15.6. The Hall–Kier alpha value is -0.470. The van der Waals surface area contributed by atoms with E-state index in [4.69, 9.17) is 11.6 Å². The molecule has 0 aliphatic rings. The molecule has 0 saturated heterocycles. The predicted octanol–water partition coefficient (Wildman–Crippen LogP) is 3.77. The highest BCUT2D eigenvalue weighted by Crippen LogP contribution is 2.27. The van der Waals surface area contributed by atoms with E-state index in [0.29, 0.717) is 4.47 Å². The highest BCUT2D eigenvalue weighted by Gasteiger charge is 2.24. The van der Waals surface area contributed by atoms with Crippen molar-refractivity contribution in [1.29, 1.82) is 0 Å². The molecule has 0 atom stereocenters. The zero-order valence-corrected chi connectivity index (χ0v) is 15.5. The molecule has 0 aliphatic heterocycles. The molecule has 0 fully saturated rings. The summed E-state index contributed by atoms with van der Waals surface area (Å²) in [6.07, 6.45) is 0. The lowest BCUT2D eigenvalue weighted by molar-refractivity contribution is 0.462. The van der Waals surface area contributed by atoms with Crippen LogP contribution in [-0.2, 0) is 22.4 Å². The van der Waals surface area contributed by atoms with Gasteiger partial charge in [0, 0.05) is 22.8 Å². The molecule has 0 bridgehead atoms. The summed E-state index contributed by atoms with van der Waals surface area (Å²) in [6, 6.07) is 5.08. The highest BCUT2D eigenvalue weighted by atomic mass is 79.9. The third-order valence-corrected chi connectivity index (χ3v) is 6.82. The van der Waals surface area contributed by atoms with Crippen LogP contribution in [0.25, 0.3) is 0 Å². The van der Waals surface area contributed by atoms with E-state index >= 15 is 0 Å². The Morgan fingerprint density at radius 3 is 2.71 bits per heavy atom. The van der Waals surface area contributed by atoms with Crippen molar-refractivity contribution < 1.29 is 8.42 Å². The number of rotatable bonds is 5. The number of sulfonamides is 1. The fraction of sp³-hybridized carbons (Fsp3) is 0.308. The van der Waals surface area contributed by atoms with Crippen LogP contribution in [0, 0.1) is 6.92 Å². The standard InChI is InChI=1S/C13H14BrClN2O2S2/c1-9-16-11(8-20-9)7-17(2)21(18,19)13-5-10(6-15)3-4-12(13)14/h3-5,8H,6-7H2,1-2H3. The molecule has 4 nitrogen and oxygen atoms in total. The van der Waals surface area contributed by atoms with Crippen LogP contribution < -0.4 is 0 Å². The summed E-state index contributed by atoms with van der Waals surface area (Å²) in [5.41, 5.74) is 1.50. The molecule has 21 heavy (non-hydrogen) atoms. The van der Waals surface area contributed by atoms with Crippen molar-refractivity contribution in [3.05, 3.63) is 44.3 Å². The average Bonchev–Trinajstić information content (AvgIpc) is 2.84. The molecular weight excluding hydrogens is 396 g/mol. The van der Waals surface area contributed by atoms with Gasteiger partial charge in [0.05, 0.1) is 22.1 Å². The van der Waals surface area contributed by atoms with Crippen LogP contribution in [0.2, 0.25) is 0 Å². The van der Waals surface area contributed by atoms with Gasteiger partial charge in [0.25, 0.3) is 0 Å². The Morgan fingerprint density at radius 1 is 1.43 bits per heavy atom. The molecule has 2 aromatic rings. The van der Waals surface area contributed by atoms with Gasteiger partial charge in [0.15, 0.2) is 0 Å². The summed E-state index contributed by atoms with van der Waals surface area (Å²) in [4.78, 5) is 4.51. The van der Waals surface area contributed by atoms with Crippen LogP contribution in [0.5, 0.6) is 0 Å². The van der Waals surface area contributed by atoms with Gasteiger partial charge in [-0.15, -0.1) is 22.9 Å². The predicted molar refractivity (Wildman–Crippen MR) is 89.2 cm³/mol. The van der Waals surface area contributed by atoms with Crippen molar-refractivity contribution in [1.82, 2.24) is 9.29 Å². The number of alkyl halides is 1. The largest absolute Gasteiger partial charge is 0.245 e. The fourth-order valence-electron chi connectivity index (χ4n) is 1.79. The van der Waals surface area contributed by atoms with Gasteiger partial charge in [-0.1, -0.05) is 6.07 Å². The van der Waals surface area contributed by atoms with Gasteiger partial charge in [-0.25, -0.2) is 13.4 Å². The lowest BCUT2D eigenvalue weighted by atomic mass is 10.2. The number of aryl methyl sites for hydroxylation is 1. The van der Waals surface area contributed by atoms with Crippen molar-refractivity contribution in [3.63, 3.8) is 0 Å². The quantitative estimate of drug-likeness (QED) is 0.706. The molecule has 114 valence electrons. The Balaban J connectivity index is 2.32. The minimum atomic E-state index is -3.60. The topological polar surface area (TPSA) is 50.3 Å². The van der Waals surface area contributed by atoms with E-state index < -0.39 is 10.0 Å². The number of hydrogen-bond donors (Lipinski definition) is 0. The summed E-state index contributed by atoms with van der Waals surface area (Å²) in [5, 5.41) is 2.78. The van der Waals surface area contributed by atoms with E-state index in [1.807, 2.05) is 12.3 Å². The van der Waals surface area contributed by atoms with Crippen LogP contribution in [0.4, 0.5) is 0 Å². The van der Waals surface area contributed by atoms with Crippen LogP contribution >= 0.6 is 38.9 Å². The molecule has 0 N–H and O–H groups in total. The first-order valence-corrected chi connectivity index (χ1v) is 9.71. The maximum Gasteiger partial charge on any atom is 0.244 e. The molecule has 8 heteroatoms. The normalized spacial score (nSPS) is 12.0. The van der Waals surface area contributed by atoms with E-state index in [-0.39, 0.29) is 17.3 Å². The van der Waals surface area contributed by atoms with Crippen molar-refractivity contribution in [2.45, 2.75) is 24.2 Å². The Labute approximate surface area is 141 Å². The van der Waals surface area contributed by atoms with Crippen LogP contribution in [0.1, 0.15) is 16.3 Å². The number of thiazole rings is 1. The van der Waals surface area contributed by atoms with Crippen molar-refractivity contribution >= 4 is 48.9 Å². The molecule has 0 amide bonds. The molecule has 0 aliphatic carbocycles. The molecule has 2 rings (SSSR count). The Kier molecular flexibility index (Phi) is 5.43.